The maximum absolute atomic E-state index is 8.69. The Bertz CT molecular complexity index is 442. The lowest BCUT2D eigenvalue weighted by Crippen LogP contribution is -2.02. The minimum Gasteiger partial charge on any atom is -0.396 e. The van der Waals surface area contributed by atoms with E-state index >= 15 is 0 Å². The molecule has 0 spiro atoms. The number of hydrogen-bond acceptors (Lipinski definition) is 4. The van der Waals surface area contributed by atoms with E-state index in [1.165, 1.54) is 0 Å². The van der Waals surface area contributed by atoms with Crippen LogP contribution in [0.2, 0.25) is 5.28 Å². The molecule has 0 fully saturated rings. The van der Waals surface area contributed by atoms with Crippen LogP contribution >= 0.6 is 11.6 Å². The summed E-state index contributed by atoms with van der Waals surface area (Å²) in [5, 5.41) is 13.9. The van der Waals surface area contributed by atoms with Gasteiger partial charge in [-0.05, 0) is 18.0 Å². The van der Waals surface area contributed by atoms with Gasteiger partial charge in [-0.2, -0.15) is 10.1 Å². The van der Waals surface area contributed by atoms with Crippen molar-refractivity contribution >= 4 is 22.6 Å². The van der Waals surface area contributed by atoms with Gasteiger partial charge in [0.1, 0.15) is 0 Å². The van der Waals surface area contributed by atoms with Gasteiger partial charge in [0.25, 0.3) is 0 Å². The van der Waals surface area contributed by atoms with Crippen LogP contribution in [0.1, 0.15) is 6.42 Å². The number of aliphatic hydroxyl groups excluding tert-OH is 1. The monoisotopic (exact) mass is 212 g/mol. The van der Waals surface area contributed by atoms with E-state index in [0.717, 1.165) is 5.39 Å². The lowest BCUT2D eigenvalue weighted by molar-refractivity contribution is 0.278. The third-order valence-electron chi connectivity index (χ3n) is 1.88. The predicted octanol–water partition coefficient (Wildman–Crippen LogP) is 0.862. The van der Waals surface area contributed by atoms with E-state index < -0.39 is 0 Å². The van der Waals surface area contributed by atoms with Crippen molar-refractivity contribution in [2.45, 2.75) is 13.0 Å². The summed E-state index contributed by atoms with van der Waals surface area (Å²) >= 11 is 5.67. The molecular formula is C8H9ClN4O. The van der Waals surface area contributed by atoms with E-state index in [1.807, 2.05) is 0 Å². The molecule has 14 heavy (non-hydrogen) atoms. The average molecular weight is 213 g/mol. The van der Waals surface area contributed by atoms with E-state index in [4.69, 9.17) is 16.7 Å². The fourth-order valence-electron chi connectivity index (χ4n) is 1.23. The Morgan fingerprint density at radius 3 is 3.07 bits per heavy atom. The smallest absolute Gasteiger partial charge is 0.224 e. The minimum absolute atomic E-state index is 0.139. The number of aliphatic hydroxyl groups is 1. The number of hydrogen-bond donors (Lipinski definition) is 1. The summed E-state index contributed by atoms with van der Waals surface area (Å²) in [6, 6.07) is 0. The van der Waals surface area contributed by atoms with Crippen molar-refractivity contribution in [2.75, 3.05) is 6.61 Å². The number of aromatic nitrogens is 4. The summed E-state index contributed by atoms with van der Waals surface area (Å²) in [7, 11) is 0. The molecule has 2 aromatic rings. The normalized spacial score (nSPS) is 11.0. The maximum Gasteiger partial charge on any atom is 0.224 e. The molecule has 0 aliphatic carbocycles. The molecule has 0 aliphatic rings. The first-order valence-corrected chi connectivity index (χ1v) is 4.64. The number of nitrogens with zero attached hydrogens (tertiary/aromatic N) is 4. The first kappa shape index (κ1) is 9.36. The third kappa shape index (κ3) is 1.69. The van der Waals surface area contributed by atoms with Crippen LogP contribution in [-0.2, 0) is 6.54 Å². The van der Waals surface area contributed by atoms with Gasteiger partial charge in [-0.3, -0.25) is 0 Å². The molecule has 0 radical (unpaired) electrons. The van der Waals surface area contributed by atoms with Crippen molar-refractivity contribution in [3.63, 3.8) is 0 Å². The molecule has 6 heteroatoms. The summed E-state index contributed by atoms with van der Waals surface area (Å²) in [5.41, 5.74) is 0.707. The maximum atomic E-state index is 8.69. The molecule has 0 amide bonds. The molecule has 0 saturated carbocycles. The lowest BCUT2D eigenvalue weighted by Gasteiger charge is -2.00. The zero-order valence-electron chi connectivity index (χ0n) is 7.39. The Hall–Kier alpha value is -1.20. The molecule has 2 aromatic heterocycles. The van der Waals surface area contributed by atoms with Crippen molar-refractivity contribution in [1.82, 2.24) is 19.7 Å². The van der Waals surface area contributed by atoms with Gasteiger partial charge in [0.05, 0.1) is 11.6 Å². The SMILES string of the molecule is OCCCn1ncc2cnc(Cl)nc21. The van der Waals surface area contributed by atoms with Gasteiger partial charge in [0.15, 0.2) is 5.65 Å². The van der Waals surface area contributed by atoms with Crippen LogP contribution in [-0.4, -0.2) is 31.5 Å². The third-order valence-corrected chi connectivity index (χ3v) is 2.06. The summed E-state index contributed by atoms with van der Waals surface area (Å²) in [5.74, 6) is 0. The number of halogens is 1. The topological polar surface area (TPSA) is 63.8 Å². The second-order valence-corrected chi connectivity index (χ2v) is 3.20. The van der Waals surface area contributed by atoms with Crippen LogP contribution < -0.4 is 0 Å². The quantitative estimate of drug-likeness (QED) is 0.767. The van der Waals surface area contributed by atoms with Crippen LogP contribution in [0.25, 0.3) is 11.0 Å². The fraction of sp³-hybridized carbons (Fsp3) is 0.375. The van der Waals surface area contributed by atoms with Gasteiger partial charge in [0, 0.05) is 19.3 Å². The van der Waals surface area contributed by atoms with Gasteiger partial charge in [-0.15, -0.1) is 0 Å². The zero-order valence-corrected chi connectivity index (χ0v) is 8.15. The van der Waals surface area contributed by atoms with Crippen molar-refractivity contribution in [3.05, 3.63) is 17.7 Å². The molecule has 2 heterocycles. The van der Waals surface area contributed by atoms with E-state index in [9.17, 15) is 0 Å². The summed E-state index contributed by atoms with van der Waals surface area (Å²) in [6.07, 6.45) is 3.97. The molecule has 2 rings (SSSR count). The molecule has 0 bridgehead atoms. The highest BCUT2D eigenvalue weighted by Gasteiger charge is 2.04. The number of fused-ring (bicyclic) bond motifs is 1. The molecule has 0 atom stereocenters. The van der Waals surface area contributed by atoms with Crippen molar-refractivity contribution < 1.29 is 5.11 Å². The zero-order chi connectivity index (χ0) is 9.97. The van der Waals surface area contributed by atoms with E-state index in [0.29, 0.717) is 18.6 Å². The van der Waals surface area contributed by atoms with Crippen molar-refractivity contribution in [2.24, 2.45) is 0 Å². The molecule has 1 N–H and O–H groups in total. The summed E-state index contributed by atoms with van der Waals surface area (Å²) in [6.45, 7) is 0.771. The largest absolute Gasteiger partial charge is 0.396 e. The van der Waals surface area contributed by atoms with Crippen LogP contribution in [0.15, 0.2) is 12.4 Å². The highest BCUT2D eigenvalue weighted by atomic mass is 35.5. The Kier molecular flexibility index (Phi) is 2.60. The van der Waals surface area contributed by atoms with E-state index in [-0.39, 0.29) is 11.9 Å². The molecule has 0 aromatic carbocycles. The molecule has 0 aliphatic heterocycles. The molecule has 0 unspecified atom stereocenters. The summed E-state index contributed by atoms with van der Waals surface area (Å²) in [4.78, 5) is 7.91. The van der Waals surface area contributed by atoms with Gasteiger partial charge in [-0.1, -0.05) is 0 Å². The Morgan fingerprint density at radius 2 is 2.29 bits per heavy atom. The standard InChI is InChI=1S/C8H9ClN4O/c9-8-10-4-6-5-11-13(2-1-3-14)7(6)12-8/h4-5,14H,1-3H2. The van der Waals surface area contributed by atoms with Crippen LogP contribution in [0.3, 0.4) is 0 Å². The Labute approximate surface area is 85.4 Å². The molecule has 5 nitrogen and oxygen atoms in total. The van der Waals surface area contributed by atoms with Gasteiger partial charge in [-0.25, -0.2) is 9.67 Å². The van der Waals surface area contributed by atoms with Gasteiger partial charge in [0.2, 0.25) is 5.28 Å². The molecular weight excluding hydrogens is 204 g/mol. The van der Waals surface area contributed by atoms with Crippen molar-refractivity contribution in [3.8, 4) is 0 Å². The highest BCUT2D eigenvalue weighted by Crippen LogP contribution is 2.12. The van der Waals surface area contributed by atoms with Crippen molar-refractivity contribution in [1.29, 1.82) is 0 Å². The lowest BCUT2D eigenvalue weighted by atomic mass is 10.4. The van der Waals surface area contributed by atoms with E-state index in [1.54, 1.807) is 17.1 Å². The fourth-order valence-corrected chi connectivity index (χ4v) is 1.36. The highest BCUT2D eigenvalue weighted by molar-refractivity contribution is 6.28. The second kappa shape index (κ2) is 3.89. The minimum atomic E-state index is 0.139. The first-order valence-electron chi connectivity index (χ1n) is 4.26. The predicted molar refractivity (Wildman–Crippen MR) is 52.0 cm³/mol. The van der Waals surface area contributed by atoms with Gasteiger partial charge >= 0.3 is 0 Å². The summed E-state index contributed by atoms with van der Waals surface area (Å²) < 4.78 is 1.71. The second-order valence-electron chi connectivity index (χ2n) is 2.86. The molecule has 74 valence electrons. The average Bonchev–Trinajstić information content (AvgIpc) is 2.57. The first-order chi connectivity index (χ1) is 6.81. The van der Waals surface area contributed by atoms with Crippen LogP contribution in [0.4, 0.5) is 0 Å². The van der Waals surface area contributed by atoms with Crippen LogP contribution in [0, 0.1) is 0 Å². The van der Waals surface area contributed by atoms with E-state index in [2.05, 4.69) is 15.1 Å². The van der Waals surface area contributed by atoms with Crippen LogP contribution in [0.5, 0.6) is 0 Å². The number of rotatable bonds is 3. The Morgan fingerprint density at radius 1 is 1.43 bits per heavy atom. The Balaban J connectivity index is 2.40. The number of aryl methyl sites for hydroxylation is 1. The molecule has 0 saturated heterocycles. The van der Waals surface area contributed by atoms with Gasteiger partial charge < -0.3 is 5.11 Å².